The lowest BCUT2D eigenvalue weighted by molar-refractivity contribution is 0.104. The molecule has 0 aromatic heterocycles. The van der Waals surface area contributed by atoms with Crippen molar-refractivity contribution in [3.05, 3.63) is 83.9 Å². The number of phenols is 2. The molecule has 3 rings (SSSR count). The van der Waals surface area contributed by atoms with Crippen LogP contribution in [0.15, 0.2) is 77.7 Å². The average Bonchev–Trinajstić information content (AvgIpc) is 2.69. The van der Waals surface area contributed by atoms with Crippen molar-refractivity contribution in [2.45, 2.75) is 4.90 Å². The number of nitrogens with two attached hydrogens (primary N) is 1. The fourth-order valence-corrected chi connectivity index (χ4v) is 3.53. The Morgan fingerprint density at radius 2 is 1.55 bits per heavy atom. The predicted octanol–water partition coefficient (Wildman–Crippen LogP) is 3.38. The largest absolute Gasteiger partial charge is 0.504 e. The molecule has 0 spiro atoms. The van der Waals surface area contributed by atoms with Gasteiger partial charge in [0.25, 0.3) is 10.0 Å². The van der Waals surface area contributed by atoms with Gasteiger partial charge in [0, 0.05) is 16.9 Å². The van der Waals surface area contributed by atoms with Crippen LogP contribution in [0.2, 0.25) is 0 Å². The summed E-state index contributed by atoms with van der Waals surface area (Å²) in [6.07, 6.45) is 2.82. The summed E-state index contributed by atoms with van der Waals surface area (Å²) in [7, 11) is -3.77. The number of carbonyl (C=O) groups excluding carboxylic acids is 1. The Morgan fingerprint density at radius 3 is 2.17 bits per heavy atom. The molecular weight excluding hydrogens is 392 g/mol. The monoisotopic (exact) mass is 410 g/mol. The summed E-state index contributed by atoms with van der Waals surface area (Å²) in [5.41, 5.74) is 7.24. The number of ketones is 1. The summed E-state index contributed by atoms with van der Waals surface area (Å²) < 4.78 is 27.2. The van der Waals surface area contributed by atoms with Crippen LogP contribution in [0.5, 0.6) is 11.5 Å². The molecule has 29 heavy (non-hydrogen) atoms. The zero-order valence-corrected chi connectivity index (χ0v) is 15.9. The number of hydrogen-bond donors (Lipinski definition) is 4. The van der Waals surface area contributed by atoms with Crippen LogP contribution in [0.25, 0.3) is 6.08 Å². The van der Waals surface area contributed by atoms with E-state index in [2.05, 4.69) is 4.72 Å². The topological polar surface area (TPSA) is 130 Å². The Bertz CT molecular complexity index is 1170. The lowest BCUT2D eigenvalue weighted by atomic mass is 10.1. The fraction of sp³-hybridized carbons (Fsp3) is 0. The Labute approximate surface area is 167 Å². The second-order valence-corrected chi connectivity index (χ2v) is 7.88. The van der Waals surface area contributed by atoms with Crippen LogP contribution in [-0.2, 0) is 10.0 Å². The van der Waals surface area contributed by atoms with Gasteiger partial charge in [-0.3, -0.25) is 9.52 Å². The van der Waals surface area contributed by atoms with Crippen LogP contribution in [0, 0.1) is 0 Å². The number of aromatic hydroxyl groups is 2. The van der Waals surface area contributed by atoms with Gasteiger partial charge in [-0.05, 0) is 72.3 Å². The quantitative estimate of drug-likeness (QED) is 0.213. The van der Waals surface area contributed by atoms with E-state index in [1.54, 1.807) is 6.07 Å². The molecule has 0 aliphatic rings. The minimum atomic E-state index is -3.77. The van der Waals surface area contributed by atoms with Gasteiger partial charge in [0.1, 0.15) is 0 Å². The molecule has 0 fully saturated rings. The highest BCUT2D eigenvalue weighted by Crippen LogP contribution is 2.25. The van der Waals surface area contributed by atoms with Crippen molar-refractivity contribution < 1.29 is 23.4 Å². The molecule has 148 valence electrons. The molecule has 0 aliphatic carbocycles. The zero-order chi connectivity index (χ0) is 21.0. The zero-order valence-electron chi connectivity index (χ0n) is 15.1. The molecule has 7 nitrogen and oxygen atoms in total. The number of rotatable bonds is 6. The lowest BCUT2D eigenvalue weighted by Gasteiger charge is -2.08. The minimum absolute atomic E-state index is 0.0759. The van der Waals surface area contributed by atoms with E-state index in [1.165, 1.54) is 72.8 Å². The third kappa shape index (κ3) is 4.94. The van der Waals surface area contributed by atoms with Gasteiger partial charge >= 0.3 is 0 Å². The molecule has 3 aromatic rings. The normalized spacial score (nSPS) is 11.4. The summed E-state index contributed by atoms with van der Waals surface area (Å²) in [5, 5.41) is 18.8. The van der Waals surface area contributed by atoms with Gasteiger partial charge in [0.15, 0.2) is 17.3 Å². The first kappa shape index (κ1) is 20.0. The summed E-state index contributed by atoms with van der Waals surface area (Å²) in [5.74, 6) is -0.826. The van der Waals surface area contributed by atoms with Crippen molar-refractivity contribution in [2.75, 3.05) is 10.5 Å². The predicted molar refractivity (Wildman–Crippen MR) is 111 cm³/mol. The van der Waals surface area contributed by atoms with E-state index in [9.17, 15) is 23.4 Å². The number of carbonyl (C=O) groups is 1. The van der Waals surface area contributed by atoms with Crippen molar-refractivity contribution in [3.63, 3.8) is 0 Å². The standard InChI is InChI=1S/C21H18N2O5S/c22-16-5-9-18(10-6-16)29(27,28)23-17-7-3-15(4-8-17)19(24)11-1-14-2-12-20(25)21(26)13-14/h1-13,23,25-26H,22H2/b11-1+. The molecule has 0 bridgehead atoms. The molecule has 0 saturated heterocycles. The Morgan fingerprint density at radius 1 is 0.897 bits per heavy atom. The van der Waals surface area contributed by atoms with Gasteiger partial charge in [-0.25, -0.2) is 8.42 Å². The molecule has 0 atom stereocenters. The van der Waals surface area contributed by atoms with Crippen molar-refractivity contribution >= 4 is 33.3 Å². The molecule has 5 N–H and O–H groups in total. The Hall–Kier alpha value is -3.78. The minimum Gasteiger partial charge on any atom is -0.504 e. The highest BCUT2D eigenvalue weighted by Gasteiger charge is 2.14. The maximum absolute atomic E-state index is 12.4. The highest BCUT2D eigenvalue weighted by molar-refractivity contribution is 7.92. The second-order valence-electron chi connectivity index (χ2n) is 6.20. The van der Waals surface area contributed by atoms with Crippen molar-refractivity contribution in [1.29, 1.82) is 0 Å². The number of nitrogen functional groups attached to an aromatic ring is 1. The van der Waals surface area contributed by atoms with Crippen LogP contribution in [0.3, 0.4) is 0 Å². The van der Waals surface area contributed by atoms with Gasteiger partial charge in [-0.15, -0.1) is 0 Å². The number of phenolic OH excluding ortho intramolecular Hbond substituents is 2. The van der Waals surface area contributed by atoms with Crippen molar-refractivity contribution in [1.82, 2.24) is 0 Å². The lowest BCUT2D eigenvalue weighted by Crippen LogP contribution is -2.13. The maximum Gasteiger partial charge on any atom is 0.261 e. The Balaban J connectivity index is 1.70. The van der Waals surface area contributed by atoms with E-state index in [0.717, 1.165) is 0 Å². The molecule has 3 aromatic carbocycles. The molecular formula is C21H18N2O5S. The molecule has 0 heterocycles. The highest BCUT2D eigenvalue weighted by atomic mass is 32.2. The number of hydrogen-bond acceptors (Lipinski definition) is 6. The summed E-state index contributed by atoms with van der Waals surface area (Å²) in [6.45, 7) is 0. The average molecular weight is 410 g/mol. The van der Waals surface area contributed by atoms with Crippen LogP contribution in [-0.4, -0.2) is 24.4 Å². The molecule has 0 amide bonds. The van der Waals surface area contributed by atoms with E-state index in [4.69, 9.17) is 5.73 Å². The van der Waals surface area contributed by atoms with Crippen molar-refractivity contribution in [3.8, 4) is 11.5 Å². The van der Waals surface area contributed by atoms with Gasteiger partial charge in [0.05, 0.1) is 4.90 Å². The van der Waals surface area contributed by atoms with E-state index in [1.807, 2.05) is 0 Å². The van der Waals surface area contributed by atoms with E-state index in [0.29, 0.717) is 22.5 Å². The van der Waals surface area contributed by atoms with Crippen LogP contribution >= 0.6 is 0 Å². The van der Waals surface area contributed by atoms with E-state index < -0.39 is 10.0 Å². The second kappa shape index (κ2) is 8.07. The van der Waals surface area contributed by atoms with Gasteiger partial charge in [-0.2, -0.15) is 0 Å². The third-order valence-electron chi connectivity index (χ3n) is 4.04. The van der Waals surface area contributed by atoms with Gasteiger partial charge in [0.2, 0.25) is 0 Å². The molecule has 0 unspecified atom stereocenters. The number of anilines is 2. The molecule has 0 saturated carbocycles. The van der Waals surface area contributed by atoms with Crippen LogP contribution < -0.4 is 10.5 Å². The number of benzene rings is 3. The van der Waals surface area contributed by atoms with Crippen LogP contribution in [0.1, 0.15) is 15.9 Å². The van der Waals surface area contributed by atoms with Gasteiger partial charge < -0.3 is 15.9 Å². The van der Waals surface area contributed by atoms with E-state index in [-0.39, 0.29) is 22.2 Å². The molecule has 8 heteroatoms. The summed E-state index contributed by atoms with van der Waals surface area (Å²) >= 11 is 0. The Kier molecular flexibility index (Phi) is 5.56. The molecule has 0 aliphatic heterocycles. The van der Waals surface area contributed by atoms with E-state index >= 15 is 0 Å². The summed E-state index contributed by atoms with van der Waals surface area (Å²) in [6, 6.07) is 16.0. The molecule has 0 radical (unpaired) electrons. The number of nitrogens with one attached hydrogen (secondary N) is 1. The third-order valence-corrected chi connectivity index (χ3v) is 5.44. The smallest absolute Gasteiger partial charge is 0.261 e. The number of allylic oxidation sites excluding steroid dienone is 1. The first-order chi connectivity index (χ1) is 13.7. The SMILES string of the molecule is Nc1ccc(S(=O)(=O)Nc2ccc(C(=O)/C=C/c3ccc(O)c(O)c3)cc2)cc1. The summed E-state index contributed by atoms with van der Waals surface area (Å²) in [4.78, 5) is 12.3. The number of sulfonamides is 1. The first-order valence-electron chi connectivity index (χ1n) is 8.47. The maximum atomic E-state index is 12.4. The fourth-order valence-electron chi connectivity index (χ4n) is 2.48. The van der Waals surface area contributed by atoms with Crippen molar-refractivity contribution in [2.24, 2.45) is 0 Å². The van der Waals surface area contributed by atoms with Crippen LogP contribution in [0.4, 0.5) is 11.4 Å². The first-order valence-corrected chi connectivity index (χ1v) is 9.96. The van der Waals surface area contributed by atoms with Gasteiger partial charge in [-0.1, -0.05) is 12.1 Å².